The minimum absolute atomic E-state index is 0.258. The second kappa shape index (κ2) is 18.4. The molecule has 0 radical (unpaired) electrons. The van der Waals surface area contributed by atoms with E-state index in [1.807, 2.05) is 6.08 Å². The van der Waals surface area contributed by atoms with E-state index in [1.165, 1.54) is 25.7 Å². The maximum Gasteiger partial charge on any atom is 0.342 e. The first-order chi connectivity index (χ1) is 11.3. The lowest BCUT2D eigenvalue weighted by molar-refractivity contribution is -0.234. The lowest BCUT2D eigenvalue weighted by Gasteiger charge is -1.93. The zero-order valence-electron chi connectivity index (χ0n) is 14.5. The largest absolute Gasteiger partial charge is 0.342 e. The molecule has 3 nitrogen and oxygen atoms in total. The van der Waals surface area contributed by atoms with E-state index in [-0.39, 0.29) is 6.42 Å². The predicted octanol–water partition coefficient (Wildman–Crippen LogP) is 6.15. The van der Waals surface area contributed by atoms with Gasteiger partial charge in [0.1, 0.15) is 0 Å². The van der Waals surface area contributed by atoms with Gasteiger partial charge in [0.25, 0.3) is 0 Å². The van der Waals surface area contributed by atoms with Gasteiger partial charge in [0.15, 0.2) is 0 Å². The van der Waals surface area contributed by atoms with Crippen molar-refractivity contribution in [2.24, 2.45) is 0 Å². The SMILES string of the molecule is CCCCC/C=C\C/C=C\C/C=C\C/C=C\CCCC(=O)OO. The first-order valence-electron chi connectivity index (χ1n) is 8.75. The molecular formula is C20H32O3. The zero-order valence-corrected chi connectivity index (χ0v) is 14.5. The van der Waals surface area contributed by atoms with Crippen LogP contribution in [-0.2, 0) is 9.68 Å². The molecule has 0 saturated carbocycles. The summed E-state index contributed by atoms with van der Waals surface area (Å²) in [5, 5.41) is 8.08. The maximum atomic E-state index is 10.7. The van der Waals surface area contributed by atoms with Gasteiger partial charge in [0.2, 0.25) is 0 Å². The van der Waals surface area contributed by atoms with Gasteiger partial charge in [-0.3, -0.25) is 0 Å². The molecule has 0 atom stereocenters. The van der Waals surface area contributed by atoms with Crippen molar-refractivity contribution in [1.82, 2.24) is 0 Å². The van der Waals surface area contributed by atoms with Crippen molar-refractivity contribution in [2.45, 2.75) is 71.1 Å². The van der Waals surface area contributed by atoms with E-state index in [4.69, 9.17) is 5.26 Å². The number of allylic oxidation sites excluding steroid dienone is 8. The summed E-state index contributed by atoms with van der Waals surface area (Å²) in [5.41, 5.74) is 0. The maximum absolute atomic E-state index is 10.7. The standard InChI is InChI=1S/C20H32O3/c1-2-3-4-5-6-7-8-9-10-11-12-13-14-15-16-17-18-19-20(21)23-22/h6-7,9-10,12-13,15-16,22H,2-5,8,11,14,17-19H2,1H3/b7-6-,10-9-,13-12-,16-15-. The molecule has 0 aromatic rings. The molecule has 23 heavy (non-hydrogen) atoms. The highest BCUT2D eigenvalue weighted by molar-refractivity contribution is 5.68. The molecule has 0 spiro atoms. The molecule has 0 bridgehead atoms. The summed E-state index contributed by atoms with van der Waals surface area (Å²) in [5.74, 6) is -0.569. The van der Waals surface area contributed by atoms with Crippen LogP contribution in [0.1, 0.15) is 71.1 Å². The molecular weight excluding hydrogens is 288 g/mol. The fraction of sp³-hybridized carbons (Fsp3) is 0.550. The van der Waals surface area contributed by atoms with Crippen LogP contribution in [0.25, 0.3) is 0 Å². The Morgan fingerprint density at radius 3 is 1.74 bits per heavy atom. The molecule has 1 N–H and O–H groups in total. The lowest BCUT2D eigenvalue weighted by Crippen LogP contribution is -1.99. The summed E-state index contributed by atoms with van der Waals surface area (Å²) >= 11 is 0. The highest BCUT2D eigenvalue weighted by Crippen LogP contribution is 2.01. The van der Waals surface area contributed by atoms with E-state index < -0.39 is 5.97 Å². The minimum atomic E-state index is -0.569. The minimum Gasteiger partial charge on any atom is -0.301 e. The molecule has 0 aliphatic carbocycles. The van der Waals surface area contributed by atoms with Crippen molar-refractivity contribution in [2.75, 3.05) is 0 Å². The summed E-state index contributed by atoms with van der Waals surface area (Å²) in [6.45, 7) is 2.23. The highest BCUT2D eigenvalue weighted by atomic mass is 17.1. The molecule has 0 fully saturated rings. The van der Waals surface area contributed by atoms with E-state index in [9.17, 15) is 4.79 Å². The Bertz CT molecular complexity index is 378. The summed E-state index contributed by atoms with van der Waals surface area (Å²) < 4.78 is 0. The van der Waals surface area contributed by atoms with E-state index in [1.54, 1.807) is 0 Å². The Kier molecular flexibility index (Phi) is 17.1. The molecule has 130 valence electrons. The van der Waals surface area contributed by atoms with Gasteiger partial charge in [-0.15, -0.1) is 0 Å². The summed E-state index contributed by atoms with van der Waals surface area (Å²) in [4.78, 5) is 14.2. The number of rotatable bonds is 14. The Morgan fingerprint density at radius 2 is 1.26 bits per heavy atom. The zero-order chi connectivity index (χ0) is 17.0. The van der Waals surface area contributed by atoms with E-state index in [0.29, 0.717) is 6.42 Å². The molecule has 0 aliphatic heterocycles. The predicted molar refractivity (Wildman–Crippen MR) is 97.1 cm³/mol. The third-order valence-electron chi connectivity index (χ3n) is 3.31. The lowest BCUT2D eigenvalue weighted by atomic mass is 10.2. The molecule has 0 aromatic carbocycles. The molecule has 3 heteroatoms. The third kappa shape index (κ3) is 18.3. The first kappa shape index (κ1) is 21.4. The molecule has 0 aliphatic rings. The fourth-order valence-corrected chi connectivity index (χ4v) is 1.97. The van der Waals surface area contributed by atoms with E-state index in [0.717, 1.165) is 25.7 Å². The van der Waals surface area contributed by atoms with Crippen LogP contribution in [0, 0.1) is 0 Å². The topological polar surface area (TPSA) is 46.5 Å². The number of hydrogen-bond donors (Lipinski definition) is 1. The number of unbranched alkanes of at least 4 members (excludes halogenated alkanes) is 4. The summed E-state index contributed by atoms with van der Waals surface area (Å²) in [7, 11) is 0. The highest BCUT2D eigenvalue weighted by Gasteiger charge is 1.98. The Labute approximate surface area is 141 Å². The summed E-state index contributed by atoms with van der Waals surface area (Å²) in [6, 6.07) is 0. The second-order valence-electron chi connectivity index (χ2n) is 5.44. The van der Waals surface area contributed by atoms with Crippen molar-refractivity contribution >= 4 is 5.97 Å². The van der Waals surface area contributed by atoms with Gasteiger partial charge in [0, 0.05) is 6.42 Å². The third-order valence-corrected chi connectivity index (χ3v) is 3.31. The van der Waals surface area contributed by atoms with Crippen LogP contribution in [0.4, 0.5) is 0 Å². The number of hydrogen-bond acceptors (Lipinski definition) is 3. The van der Waals surface area contributed by atoms with Gasteiger partial charge in [-0.05, 0) is 44.9 Å². The van der Waals surface area contributed by atoms with Crippen molar-refractivity contribution in [3.05, 3.63) is 48.6 Å². The van der Waals surface area contributed by atoms with Crippen LogP contribution >= 0.6 is 0 Å². The second-order valence-corrected chi connectivity index (χ2v) is 5.44. The number of carbonyl (C=O) groups is 1. The van der Waals surface area contributed by atoms with Gasteiger partial charge in [-0.1, -0.05) is 68.4 Å². The monoisotopic (exact) mass is 320 g/mol. The van der Waals surface area contributed by atoms with Gasteiger partial charge < -0.3 is 4.89 Å². The van der Waals surface area contributed by atoms with Crippen LogP contribution in [0.5, 0.6) is 0 Å². The van der Waals surface area contributed by atoms with Crippen LogP contribution in [0.15, 0.2) is 48.6 Å². The van der Waals surface area contributed by atoms with Gasteiger partial charge in [-0.2, -0.15) is 5.26 Å². The van der Waals surface area contributed by atoms with Crippen molar-refractivity contribution in [3.8, 4) is 0 Å². The average molecular weight is 320 g/mol. The molecule has 0 heterocycles. The van der Waals surface area contributed by atoms with Gasteiger partial charge >= 0.3 is 5.97 Å². The van der Waals surface area contributed by atoms with Gasteiger partial charge in [-0.25, -0.2) is 4.79 Å². The van der Waals surface area contributed by atoms with E-state index in [2.05, 4.69) is 54.3 Å². The van der Waals surface area contributed by atoms with Crippen LogP contribution in [-0.4, -0.2) is 11.2 Å². The fourth-order valence-electron chi connectivity index (χ4n) is 1.97. The molecule has 0 unspecified atom stereocenters. The average Bonchev–Trinajstić information content (AvgIpc) is 2.57. The van der Waals surface area contributed by atoms with Crippen LogP contribution in [0.2, 0.25) is 0 Å². The van der Waals surface area contributed by atoms with Crippen LogP contribution in [0.3, 0.4) is 0 Å². The Balaban J connectivity index is 3.42. The quantitative estimate of drug-likeness (QED) is 0.181. The van der Waals surface area contributed by atoms with Crippen LogP contribution < -0.4 is 0 Å². The normalized spacial score (nSPS) is 12.3. The Morgan fingerprint density at radius 1 is 0.783 bits per heavy atom. The molecule has 0 aromatic heterocycles. The smallest absolute Gasteiger partial charge is 0.301 e. The molecule has 0 amide bonds. The number of carbonyl (C=O) groups excluding carboxylic acids is 1. The molecule has 0 rings (SSSR count). The van der Waals surface area contributed by atoms with Gasteiger partial charge in [0.05, 0.1) is 0 Å². The molecule has 0 saturated heterocycles. The Hall–Kier alpha value is -1.61. The van der Waals surface area contributed by atoms with E-state index >= 15 is 0 Å². The first-order valence-corrected chi connectivity index (χ1v) is 8.75. The van der Waals surface area contributed by atoms with Crippen molar-refractivity contribution < 1.29 is 14.9 Å². The van der Waals surface area contributed by atoms with Crippen molar-refractivity contribution in [1.29, 1.82) is 0 Å². The summed E-state index contributed by atoms with van der Waals surface area (Å²) in [6.07, 6.45) is 27.2. The van der Waals surface area contributed by atoms with Crippen molar-refractivity contribution in [3.63, 3.8) is 0 Å².